The minimum absolute atomic E-state index is 0.0872. The molecule has 3 rings (SSSR count). The molecule has 1 aliphatic rings. The molecule has 1 saturated heterocycles. The van der Waals surface area contributed by atoms with Crippen molar-refractivity contribution in [1.29, 1.82) is 5.41 Å². The van der Waals surface area contributed by atoms with Crippen LogP contribution in [0, 0.1) is 11.3 Å². The van der Waals surface area contributed by atoms with Crippen molar-refractivity contribution in [3.63, 3.8) is 0 Å². The molecule has 2 amide bonds. The van der Waals surface area contributed by atoms with Crippen LogP contribution in [-0.4, -0.2) is 41.3 Å². The number of piperidine rings is 1. The molecule has 2 aromatic carbocycles. The van der Waals surface area contributed by atoms with E-state index in [-0.39, 0.29) is 24.6 Å². The Labute approximate surface area is 180 Å². The molecule has 0 bridgehead atoms. The van der Waals surface area contributed by atoms with Crippen molar-refractivity contribution >= 4 is 29.3 Å². The van der Waals surface area contributed by atoms with Crippen LogP contribution in [0.4, 0.5) is 5.69 Å². The number of aliphatic carboxylic acids is 1. The summed E-state index contributed by atoms with van der Waals surface area (Å²) in [6.45, 7) is 0.479. The van der Waals surface area contributed by atoms with E-state index in [9.17, 15) is 19.5 Å². The van der Waals surface area contributed by atoms with Gasteiger partial charge >= 0.3 is 5.97 Å². The fourth-order valence-electron chi connectivity index (χ4n) is 3.84. The van der Waals surface area contributed by atoms with Gasteiger partial charge in [0.05, 0.1) is 5.69 Å². The molecular weight excluding hydrogens is 396 g/mol. The zero-order valence-corrected chi connectivity index (χ0v) is 17.1. The Morgan fingerprint density at radius 2 is 1.84 bits per heavy atom. The lowest BCUT2D eigenvalue weighted by atomic mass is 9.92. The molecule has 2 unspecified atom stereocenters. The molecule has 8 heteroatoms. The predicted molar refractivity (Wildman–Crippen MR) is 117 cm³/mol. The first-order chi connectivity index (χ1) is 14.9. The summed E-state index contributed by atoms with van der Waals surface area (Å²) < 4.78 is 0. The van der Waals surface area contributed by atoms with Crippen LogP contribution in [-0.2, 0) is 20.8 Å². The largest absolute Gasteiger partial charge is 0.480 e. The van der Waals surface area contributed by atoms with Crippen molar-refractivity contribution in [2.24, 2.45) is 11.7 Å². The number of para-hydroxylation sites is 1. The Bertz CT molecular complexity index is 977. The first kappa shape index (κ1) is 22.0. The number of carboxylic acid groups (broad SMARTS) is 1. The molecule has 162 valence electrons. The van der Waals surface area contributed by atoms with Crippen LogP contribution >= 0.6 is 0 Å². The molecule has 0 spiro atoms. The Morgan fingerprint density at radius 1 is 1.16 bits per heavy atom. The third kappa shape index (κ3) is 5.48. The summed E-state index contributed by atoms with van der Waals surface area (Å²) in [5.41, 5.74) is 7.48. The molecule has 0 aliphatic carbocycles. The van der Waals surface area contributed by atoms with Crippen molar-refractivity contribution in [3.05, 3.63) is 65.7 Å². The highest BCUT2D eigenvalue weighted by Crippen LogP contribution is 2.28. The highest BCUT2D eigenvalue weighted by Gasteiger charge is 2.33. The van der Waals surface area contributed by atoms with Crippen molar-refractivity contribution in [2.45, 2.75) is 31.7 Å². The molecule has 0 radical (unpaired) electrons. The number of carbonyl (C=O) groups is 3. The second-order valence-corrected chi connectivity index (χ2v) is 7.61. The molecule has 1 fully saturated rings. The number of amidine groups is 1. The number of nitrogens with one attached hydrogen (secondary N) is 2. The lowest BCUT2D eigenvalue weighted by Gasteiger charge is -2.33. The van der Waals surface area contributed by atoms with E-state index < -0.39 is 23.8 Å². The first-order valence-corrected chi connectivity index (χ1v) is 10.2. The number of carboxylic acids is 1. The Balaban J connectivity index is 1.67. The maximum absolute atomic E-state index is 13.1. The Hall–Kier alpha value is -3.68. The number of benzene rings is 2. The van der Waals surface area contributed by atoms with Crippen LogP contribution in [0.25, 0.3) is 0 Å². The monoisotopic (exact) mass is 422 g/mol. The van der Waals surface area contributed by atoms with Gasteiger partial charge in [0.1, 0.15) is 11.9 Å². The number of hydrogen-bond acceptors (Lipinski definition) is 4. The quantitative estimate of drug-likeness (QED) is 0.380. The second kappa shape index (κ2) is 9.88. The minimum Gasteiger partial charge on any atom is -0.480 e. The number of amides is 2. The van der Waals surface area contributed by atoms with Crippen molar-refractivity contribution in [1.82, 2.24) is 5.32 Å². The molecule has 1 aliphatic heterocycles. The van der Waals surface area contributed by atoms with Gasteiger partial charge in [-0.05, 0) is 30.5 Å². The predicted octanol–water partition coefficient (Wildman–Crippen LogP) is 1.92. The maximum atomic E-state index is 13.1. The number of anilines is 1. The smallest absolute Gasteiger partial charge is 0.326 e. The van der Waals surface area contributed by atoms with Gasteiger partial charge in [0, 0.05) is 30.9 Å². The normalized spacial score (nSPS) is 17.1. The van der Waals surface area contributed by atoms with Crippen LogP contribution in [0.15, 0.2) is 54.6 Å². The molecular formula is C23H26N4O4. The van der Waals surface area contributed by atoms with E-state index in [2.05, 4.69) is 5.32 Å². The van der Waals surface area contributed by atoms with E-state index >= 15 is 0 Å². The molecule has 5 N–H and O–H groups in total. The average molecular weight is 422 g/mol. The lowest BCUT2D eigenvalue weighted by Crippen LogP contribution is -2.46. The fourth-order valence-corrected chi connectivity index (χ4v) is 3.84. The zero-order chi connectivity index (χ0) is 22.4. The van der Waals surface area contributed by atoms with Gasteiger partial charge in [-0.2, -0.15) is 0 Å². The van der Waals surface area contributed by atoms with E-state index in [1.165, 1.54) is 0 Å². The fraction of sp³-hybridized carbons (Fsp3) is 0.304. The van der Waals surface area contributed by atoms with Crippen molar-refractivity contribution in [3.8, 4) is 0 Å². The van der Waals surface area contributed by atoms with Gasteiger partial charge in [0.25, 0.3) is 0 Å². The lowest BCUT2D eigenvalue weighted by molar-refractivity contribution is -0.142. The first-order valence-electron chi connectivity index (χ1n) is 10.2. The summed E-state index contributed by atoms with van der Waals surface area (Å²) in [5.74, 6) is -2.49. The van der Waals surface area contributed by atoms with Gasteiger partial charge in [-0.3, -0.25) is 15.0 Å². The molecule has 2 atom stereocenters. The van der Waals surface area contributed by atoms with Crippen molar-refractivity contribution < 1.29 is 19.5 Å². The zero-order valence-electron chi connectivity index (χ0n) is 17.1. The molecule has 31 heavy (non-hydrogen) atoms. The van der Waals surface area contributed by atoms with E-state index in [4.69, 9.17) is 11.1 Å². The summed E-state index contributed by atoms with van der Waals surface area (Å²) in [6.07, 6.45) is 1.32. The van der Waals surface area contributed by atoms with E-state index in [0.717, 1.165) is 5.56 Å². The van der Waals surface area contributed by atoms with Gasteiger partial charge in [0.15, 0.2) is 0 Å². The molecule has 0 aromatic heterocycles. The third-order valence-corrected chi connectivity index (χ3v) is 5.38. The van der Waals surface area contributed by atoms with Gasteiger partial charge < -0.3 is 21.1 Å². The van der Waals surface area contributed by atoms with Crippen LogP contribution in [0.1, 0.15) is 30.4 Å². The minimum atomic E-state index is -1.12. The average Bonchev–Trinajstić information content (AvgIpc) is 2.75. The number of nitrogens with zero attached hydrogens (tertiary/aromatic N) is 1. The van der Waals surface area contributed by atoms with Crippen LogP contribution in [0.2, 0.25) is 0 Å². The summed E-state index contributed by atoms with van der Waals surface area (Å²) in [6, 6.07) is 14.9. The summed E-state index contributed by atoms with van der Waals surface area (Å²) >= 11 is 0. The molecule has 1 heterocycles. The Kier molecular flexibility index (Phi) is 7.02. The van der Waals surface area contributed by atoms with Gasteiger partial charge in [-0.15, -0.1) is 0 Å². The van der Waals surface area contributed by atoms with Gasteiger partial charge in [-0.25, -0.2) is 4.79 Å². The number of nitrogens with two attached hydrogens (primary N) is 1. The second-order valence-electron chi connectivity index (χ2n) is 7.61. The number of hydrogen-bond donors (Lipinski definition) is 4. The molecule has 8 nitrogen and oxygen atoms in total. The maximum Gasteiger partial charge on any atom is 0.326 e. The van der Waals surface area contributed by atoms with E-state index in [1.807, 2.05) is 18.2 Å². The standard InChI is InChI=1S/C23H26N4O4/c24-21(25)17-10-4-5-11-19(17)27-12-6-9-16(22(27)29)14-20(28)26-18(23(30)31)13-15-7-2-1-3-8-15/h1-5,7-8,10-11,16,18H,6,9,12-14H2,(H3,24,25)(H,26,28)(H,30,31). The molecule has 0 saturated carbocycles. The summed E-state index contributed by atoms with van der Waals surface area (Å²) in [5, 5.41) is 19.8. The number of nitrogen functional groups attached to an aromatic ring is 1. The SMILES string of the molecule is N=C(N)c1ccccc1N1CCCC(CC(=O)NC(Cc2ccccc2)C(=O)O)C1=O. The van der Waals surface area contributed by atoms with Gasteiger partial charge in [0.2, 0.25) is 11.8 Å². The van der Waals surface area contributed by atoms with Gasteiger partial charge in [-0.1, -0.05) is 42.5 Å². The van der Waals surface area contributed by atoms with E-state index in [0.29, 0.717) is 30.6 Å². The van der Waals surface area contributed by atoms with Crippen LogP contribution < -0.4 is 16.0 Å². The summed E-state index contributed by atoms with van der Waals surface area (Å²) in [7, 11) is 0. The molecule has 2 aromatic rings. The van der Waals surface area contributed by atoms with E-state index in [1.54, 1.807) is 41.3 Å². The third-order valence-electron chi connectivity index (χ3n) is 5.38. The number of carbonyl (C=O) groups excluding carboxylic acids is 2. The highest BCUT2D eigenvalue weighted by molar-refractivity contribution is 6.06. The summed E-state index contributed by atoms with van der Waals surface area (Å²) in [4.78, 5) is 38.8. The number of rotatable bonds is 8. The van der Waals surface area contributed by atoms with Crippen molar-refractivity contribution in [2.75, 3.05) is 11.4 Å². The van der Waals surface area contributed by atoms with Crippen LogP contribution in [0.3, 0.4) is 0 Å². The van der Waals surface area contributed by atoms with Crippen LogP contribution in [0.5, 0.6) is 0 Å². The topological polar surface area (TPSA) is 137 Å². The Morgan fingerprint density at radius 3 is 2.52 bits per heavy atom. The highest BCUT2D eigenvalue weighted by atomic mass is 16.4.